The van der Waals surface area contributed by atoms with Crippen LogP contribution < -0.4 is 5.32 Å². The van der Waals surface area contributed by atoms with E-state index >= 15 is 0 Å². The van der Waals surface area contributed by atoms with Crippen molar-refractivity contribution in [2.45, 2.75) is 25.0 Å². The minimum atomic E-state index is -0.463. The van der Waals surface area contributed by atoms with Crippen molar-refractivity contribution >= 4 is 5.57 Å². The van der Waals surface area contributed by atoms with Crippen molar-refractivity contribution in [3.8, 4) is 0 Å². The van der Waals surface area contributed by atoms with E-state index in [9.17, 15) is 5.11 Å². The number of aliphatic hydroxyl groups is 1. The van der Waals surface area contributed by atoms with Crippen LogP contribution in [0, 0.1) is 0 Å². The SMILES string of the molecule is C=C(c1ccccc1)[C@H](O)[C@H]1CCCN1. The van der Waals surface area contributed by atoms with Crippen molar-refractivity contribution in [3.63, 3.8) is 0 Å². The van der Waals surface area contributed by atoms with Crippen LogP contribution >= 0.6 is 0 Å². The number of benzene rings is 1. The molecule has 2 atom stereocenters. The van der Waals surface area contributed by atoms with Crippen LogP contribution in [0.15, 0.2) is 36.9 Å². The Kier molecular flexibility index (Phi) is 3.19. The molecular formula is C13H17NO. The molecule has 1 saturated heterocycles. The molecule has 1 heterocycles. The third-order valence-corrected chi connectivity index (χ3v) is 2.98. The molecule has 0 unspecified atom stereocenters. The zero-order valence-electron chi connectivity index (χ0n) is 8.82. The number of nitrogens with one attached hydrogen (secondary N) is 1. The lowest BCUT2D eigenvalue weighted by atomic mass is 9.96. The molecule has 1 aromatic carbocycles. The first-order chi connectivity index (χ1) is 7.29. The maximum atomic E-state index is 10.1. The molecule has 0 radical (unpaired) electrons. The third kappa shape index (κ3) is 2.28. The highest BCUT2D eigenvalue weighted by molar-refractivity contribution is 5.67. The van der Waals surface area contributed by atoms with Gasteiger partial charge in [0, 0.05) is 6.04 Å². The highest BCUT2D eigenvalue weighted by Crippen LogP contribution is 2.22. The Morgan fingerprint density at radius 1 is 1.40 bits per heavy atom. The molecule has 2 heteroatoms. The average molecular weight is 203 g/mol. The van der Waals surface area contributed by atoms with E-state index < -0.39 is 6.10 Å². The van der Waals surface area contributed by atoms with Crippen molar-refractivity contribution in [1.82, 2.24) is 5.32 Å². The Labute approximate surface area is 90.6 Å². The van der Waals surface area contributed by atoms with E-state index in [0.717, 1.165) is 30.5 Å². The van der Waals surface area contributed by atoms with Crippen LogP contribution in [-0.2, 0) is 0 Å². The zero-order chi connectivity index (χ0) is 10.7. The largest absolute Gasteiger partial charge is 0.387 e. The molecule has 2 nitrogen and oxygen atoms in total. The fraction of sp³-hybridized carbons (Fsp3) is 0.385. The molecule has 0 saturated carbocycles. The summed E-state index contributed by atoms with van der Waals surface area (Å²) in [5.74, 6) is 0. The Morgan fingerprint density at radius 2 is 2.13 bits per heavy atom. The van der Waals surface area contributed by atoms with Crippen molar-refractivity contribution < 1.29 is 5.11 Å². The van der Waals surface area contributed by atoms with Gasteiger partial charge < -0.3 is 10.4 Å². The molecule has 0 aromatic heterocycles. The van der Waals surface area contributed by atoms with Crippen LogP contribution in [0.25, 0.3) is 5.57 Å². The van der Waals surface area contributed by atoms with E-state index in [-0.39, 0.29) is 6.04 Å². The van der Waals surface area contributed by atoms with Gasteiger partial charge in [-0.15, -0.1) is 0 Å². The first kappa shape index (κ1) is 10.4. The van der Waals surface area contributed by atoms with Gasteiger partial charge in [-0.2, -0.15) is 0 Å². The predicted octanol–water partition coefficient (Wildman–Crippen LogP) is 1.81. The second-order valence-electron chi connectivity index (χ2n) is 4.04. The monoisotopic (exact) mass is 203 g/mol. The van der Waals surface area contributed by atoms with Gasteiger partial charge in [0.25, 0.3) is 0 Å². The van der Waals surface area contributed by atoms with E-state index in [1.165, 1.54) is 0 Å². The van der Waals surface area contributed by atoms with Crippen molar-refractivity contribution in [3.05, 3.63) is 42.5 Å². The van der Waals surface area contributed by atoms with Crippen LogP contribution in [0.5, 0.6) is 0 Å². The van der Waals surface area contributed by atoms with Crippen LogP contribution in [0.3, 0.4) is 0 Å². The van der Waals surface area contributed by atoms with Gasteiger partial charge in [-0.3, -0.25) is 0 Å². The standard InChI is InChI=1S/C13H17NO/c1-10(11-6-3-2-4-7-11)13(15)12-8-5-9-14-12/h2-4,6-7,12-15H,1,5,8-9H2/t12-,13+/m1/s1. The van der Waals surface area contributed by atoms with Gasteiger partial charge in [0.05, 0.1) is 6.10 Å². The first-order valence-corrected chi connectivity index (χ1v) is 5.44. The summed E-state index contributed by atoms with van der Waals surface area (Å²) < 4.78 is 0. The molecule has 1 fully saturated rings. The highest BCUT2D eigenvalue weighted by Gasteiger charge is 2.24. The minimum Gasteiger partial charge on any atom is -0.387 e. The van der Waals surface area contributed by atoms with Gasteiger partial charge in [0.2, 0.25) is 0 Å². The zero-order valence-corrected chi connectivity index (χ0v) is 8.82. The molecule has 0 amide bonds. The van der Waals surface area contributed by atoms with Crippen molar-refractivity contribution in [2.24, 2.45) is 0 Å². The van der Waals surface area contributed by atoms with Crippen LogP contribution in [0.4, 0.5) is 0 Å². The molecule has 2 rings (SSSR count). The number of rotatable bonds is 3. The molecule has 15 heavy (non-hydrogen) atoms. The second kappa shape index (κ2) is 4.60. The van der Waals surface area contributed by atoms with Gasteiger partial charge in [-0.1, -0.05) is 36.9 Å². The summed E-state index contributed by atoms with van der Waals surface area (Å²) in [6, 6.07) is 10.1. The van der Waals surface area contributed by atoms with Gasteiger partial charge in [-0.25, -0.2) is 0 Å². The Morgan fingerprint density at radius 3 is 2.73 bits per heavy atom. The highest BCUT2D eigenvalue weighted by atomic mass is 16.3. The van der Waals surface area contributed by atoms with E-state index in [2.05, 4.69) is 11.9 Å². The Bertz CT molecular complexity index is 328. The normalized spacial score (nSPS) is 22.6. The van der Waals surface area contributed by atoms with Crippen LogP contribution in [0.2, 0.25) is 0 Å². The molecule has 1 aliphatic heterocycles. The number of hydrogen-bond acceptors (Lipinski definition) is 2. The van der Waals surface area contributed by atoms with Gasteiger partial charge in [0.1, 0.15) is 0 Å². The molecule has 0 aliphatic carbocycles. The molecule has 2 N–H and O–H groups in total. The summed E-state index contributed by atoms with van der Waals surface area (Å²) in [5.41, 5.74) is 1.84. The smallest absolute Gasteiger partial charge is 0.0943 e. The Hall–Kier alpha value is -1.12. The topological polar surface area (TPSA) is 32.3 Å². The van der Waals surface area contributed by atoms with Gasteiger partial charge >= 0.3 is 0 Å². The summed E-state index contributed by atoms with van der Waals surface area (Å²) in [6.07, 6.45) is 1.71. The lowest BCUT2D eigenvalue weighted by molar-refractivity contribution is 0.191. The van der Waals surface area contributed by atoms with E-state index in [0.29, 0.717) is 0 Å². The molecular weight excluding hydrogens is 186 g/mol. The predicted molar refractivity (Wildman–Crippen MR) is 62.5 cm³/mol. The van der Waals surface area contributed by atoms with Gasteiger partial charge in [-0.05, 0) is 30.5 Å². The molecule has 0 spiro atoms. The van der Waals surface area contributed by atoms with E-state index in [1.807, 2.05) is 30.3 Å². The number of hydrogen-bond donors (Lipinski definition) is 2. The van der Waals surface area contributed by atoms with Crippen molar-refractivity contribution in [2.75, 3.05) is 6.54 Å². The second-order valence-corrected chi connectivity index (χ2v) is 4.04. The average Bonchev–Trinajstić information content (AvgIpc) is 2.82. The molecule has 1 aromatic rings. The lowest BCUT2D eigenvalue weighted by Gasteiger charge is -2.20. The molecule has 1 aliphatic rings. The summed E-state index contributed by atoms with van der Waals surface area (Å²) in [7, 11) is 0. The molecule has 0 bridgehead atoms. The summed E-state index contributed by atoms with van der Waals surface area (Å²) in [5, 5.41) is 13.4. The Balaban J connectivity index is 2.07. The third-order valence-electron chi connectivity index (χ3n) is 2.98. The van der Waals surface area contributed by atoms with Crippen LogP contribution in [-0.4, -0.2) is 23.8 Å². The quantitative estimate of drug-likeness (QED) is 0.785. The van der Waals surface area contributed by atoms with E-state index in [4.69, 9.17) is 0 Å². The van der Waals surface area contributed by atoms with Gasteiger partial charge in [0.15, 0.2) is 0 Å². The lowest BCUT2D eigenvalue weighted by Crippen LogP contribution is -2.35. The maximum absolute atomic E-state index is 10.1. The summed E-state index contributed by atoms with van der Waals surface area (Å²) in [4.78, 5) is 0. The maximum Gasteiger partial charge on any atom is 0.0943 e. The van der Waals surface area contributed by atoms with Crippen molar-refractivity contribution in [1.29, 1.82) is 0 Å². The fourth-order valence-electron chi connectivity index (χ4n) is 2.05. The number of aliphatic hydroxyl groups excluding tert-OH is 1. The summed E-state index contributed by atoms with van der Waals surface area (Å²) in [6.45, 7) is 4.98. The fourth-order valence-corrected chi connectivity index (χ4v) is 2.05. The first-order valence-electron chi connectivity index (χ1n) is 5.44. The van der Waals surface area contributed by atoms with Crippen LogP contribution in [0.1, 0.15) is 18.4 Å². The molecule has 80 valence electrons. The minimum absolute atomic E-state index is 0.178. The van der Waals surface area contributed by atoms with E-state index in [1.54, 1.807) is 0 Å². The summed E-state index contributed by atoms with van der Waals surface area (Å²) >= 11 is 0.